The van der Waals surface area contributed by atoms with Gasteiger partial charge in [0.25, 0.3) is 5.91 Å². The van der Waals surface area contributed by atoms with Gasteiger partial charge in [-0.15, -0.1) is 0 Å². The van der Waals surface area contributed by atoms with Gasteiger partial charge in [-0.1, -0.05) is 36.4 Å². The number of aromatic nitrogens is 2. The number of nitrogens with zero attached hydrogens (tertiary/aromatic N) is 3. The zero-order valence-corrected chi connectivity index (χ0v) is 21.4. The van der Waals surface area contributed by atoms with Crippen LogP contribution >= 0.6 is 0 Å². The monoisotopic (exact) mass is 511 g/mol. The van der Waals surface area contributed by atoms with Crippen LogP contribution in [0.25, 0.3) is 22.3 Å². The predicted octanol–water partition coefficient (Wildman–Crippen LogP) is 6.38. The van der Waals surface area contributed by atoms with Gasteiger partial charge in [0.1, 0.15) is 5.82 Å². The first-order valence-electron chi connectivity index (χ1n) is 13.0. The van der Waals surface area contributed by atoms with Gasteiger partial charge >= 0.3 is 5.97 Å². The molecule has 7 heteroatoms. The summed E-state index contributed by atoms with van der Waals surface area (Å²) >= 11 is 0. The van der Waals surface area contributed by atoms with Gasteiger partial charge < -0.3 is 10.0 Å². The number of carbonyl (C=O) groups is 2. The number of aliphatic carboxylic acids is 1. The predicted molar refractivity (Wildman–Crippen MR) is 144 cm³/mol. The van der Waals surface area contributed by atoms with Gasteiger partial charge in [-0.2, -0.15) is 0 Å². The molecule has 1 aromatic heterocycles. The lowest BCUT2D eigenvalue weighted by Crippen LogP contribution is -2.33. The average molecular weight is 512 g/mol. The molecule has 0 aliphatic heterocycles. The summed E-state index contributed by atoms with van der Waals surface area (Å²) in [6.45, 7) is 0. The molecule has 0 spiro atoms. The SMILES string of the molecule is CN(C(=O)c1ccc2nc(-c3ccccc3)c(CCCCC(=O)O)nc2c1)[C@@H]1CCCc2cc(F)ccc21. The highest BCUT2D eigenvalue weighted by Crippen LogP contribution is 2.35. The Morgan fingerprint density at radius 3 is 2.61 bits per heavy atom. The highest BCUT2D eigenvalue weighted by molar-refractivity contribution is 5.97. The van der Waals surface area contributed by atoms with Crippen molar-refractivity contribution >= 4 is 22.9 Å². The Morgan fingerprint density at radius 2 is 1.82 bits per heavy atom. The summed E-state index contributed by atoms with van der Waals surface area (Å²) in [5.74, 6) is -1.18. The van der Waals surface area contributed by atoms with E-state index in [-0.39, 0.29) is 24.2 Å². The van der Waals surface area contributed by atoms with E-state index in [9.17, 15) is 14.0 Å². The summed E-state index contributed by atoms with van der Waals surface area (Å²) in [4.78, 5) is 36.1. The first-order valence-corrected chi connectivity index (χ1v) is 13.0. The number of carboxylic acids is 1. The molecule has 1 aliphatic carbocycles. The fourth-order valence-corrected chi connectivity index (χ4v) is 5.30. The number of amides is 1. The Labute approximate surface area is 221 Å². The fraction of sp³-hybridized carbons (Fsp3) is 0.290. The zero-order chi connectivity index (χ0) is 26.6. The van der Waals surface area contributed by atoms with Crippen LogP contribution in [-0.4, -0.2) is 38.9 Å². The highest BCUT2D eigenvalue weighted by atomic mass is 19.1. The molecule has 194 valence electrons. The van der Waals surface area contributed by atoms with Crippen molar-refractivity contribution in [3.63, 3.8) is 0 Å². The van der Waals surface area contributed by atoms with Gasteiger partial charge in [-0.25, -0.2) is 14.4 Å². The normalized spacial score (nSPS) is 14.7. The maximum atomic E-state index is 13.8. The van der Waals surface area contributed by atoms with E-state index in [4.69, 9.17) is 15.1 Å². The molecule has 0 saturated heterocycles. The Morgan fingerprint density at radius 1 is 1.00 bits per heavy atom. The van der Waals surface area contributed by atoms with E-state index in [0.717, 1.165) is 47.3 Å². The molecule has 0 unspecified atom stereocenters. The van der Waals surface area contributed by atoms with E-state index in [1.165, 1.54) is 6.07 Å². The third-order valence-electron chi connectivity index (χ3n) is 7.26. The van der Waals surface area contributed by atoms with Crippen molar-refractivity contribution in [3.8, 4) is 11.3 Å². The number of fused-ring (bicyclic) bond motifs is 2. The maximum Gasteiger partial charge on any atom is 0.303 e. The third-order valence-corrected chi connectivity index (χ3v) is 7.26. The Hall–Kier alpha value is -4.13. The first-order chi connectivity index (χ1) is 18.4. The Kier molecular flexibility index (Phi) is 7.45. The molecule has 0 saturated carbocycles. The second kappa shape index (κ2) is 11.1. The van der Waals surface area contributed by atoms with Crippen molar-refractivity contribution < 1.29 is 19.1 Å². The lowest BCUT2D eigenvalue weighted by Gasteiger charge is -2.33. The maximum absolute atomic E-state index is 13.8. The van der Waals surface area contributed by atoms with Gasteiger partial charge in [0, 0.05) is 24.6 Å². The number of benzene rings is 3. The number of aryl methyl sites for hydroxylation is 2. The van der Waals surface area contributed by atoms with Crippen LogP contribution in [-0.2, 0) is 17.6 Å². The Balaban J connectivity index is 1.45. The number of carbonyl (C=O) groups excluding carboxylic acids is 1. The number of hydrogen-bond donors (Lipinski definition) is 1. The van der Waals surface area contributed by atoms with E-state index in [1.807, 2.05) is 36.4 Å². The van der Waals surface area contributed by atoms with E-state index in [1.54, 1.807) is 36.2 Å². The average Bonchev–Trinajstić information content (AvgIpc) is 2.93. The summed E-state index contributed by atoms with van der Waals surface area (Å²) in [7, 11) is 1.80. The molecule has 6 nitrogen and oxygen atoms in total. The van der Waals surface area contributed by atoms with Crippen LogP contribution in [0.4, 0.5) is 4.39 Å². The molecule has 4 aromatic rings. The lowest BCUT2D eigenvalue weighted by atomic mass is 9.86. The number of carboxylic acid groups (broad SMARTS) is 1. The van der Waals surface area contributed by atoms with E-state index in [2.05, 4.69) is 0 Å². The summed E-state index contributed by atoms with van der Waals surface area (Å²) in [6.07, 6.45) is 4.48. The standard InChI is InChI=1S/C31H30FN3O3/c1-35(28-12-7-10-21-18-23(32)15-16-24(21)28)31(38)22-14-17-25-27(19-22)33-26(11-5-6-13-29(36)37)30(34-25)20-8-3-2-4-9-20/h2-4,8-9,14-19,28H,5-7,10-13H2,1H3,(H,36,37)/t28-/m1/s1. The molecule has 1 N–H and O–H groups in total. The van der Waals surface area contributed by atoms with Crippen molar-refractivity contribution in [1.82, 2.24) is 14.9 Å². The summed E-state index contributed by atoms with van der Waals surface area (Å²) in [5.41, 5.74) is 6.32. The van der Waals surface area contributed by atoms with Crippen molar-refractivity contribution in [1.29, 1.82) is 0 Å². The summed E-state index contributed by atoms with van der Waals surface area (Å²) < 4.78 is 13.8. The largest absolute Gasteiger partial charge is 0.481 e. The highest BCUT2D eigenvalue weighted by Gasteiger charge is 2.28. The number of halogens is 1. The molecule has 1 aliphatic rings. The van der Waals surface area contributed by atoms with Gasteiger partial charge in [-0.3, -0.25) is 9.59 Å². The minimum atomic E-state index is -0.809. The third kappa shape index (κ3) is 5.42. The zero-order valence-electron chi connectivity index (χ0n) is 21.4. The van der Waals surface area contributed by atoms with Crippen LogP contribution in [0.3, 0.4) is 0 Å². The first kappa shape index (κ1) is 25.5. The van der Waals surface area contributed by atoms with E-state index < -0.39 is 5.97 Å². The van der Waals surface area contributed by atoms with Crippen molar-refractivity contribution in [2.24, 2.45) is 0 Å². The second-order valence-electron chi connectivity index (χ2n) is 9.86. The van der Waals surface area contributed by atoms with Crippen molar-refractivity contribution in [2.75, 3.05) is 7.05 Å². The quantitative estimate of drug-likeness (QED) is 0.278. The van der Waals surface area contributed by atoms with Gasteiger partial charge in [0.15, 0.2) is 0 Å². The van der Waals surface area contributed by atoms with E-state index in [0.29, 0.717) is 35.9 Å². The van der Waals surface area contributed by atoms with Crippen molar-refractivity contribution in [2.45, 2.75) is 51.0 Å². The lowest BCUT2D eigenvalue weighted by molar-refractivity contribution is -0.137. The number of unbranched alkanes of at least 4 members (excludes halogenated alkanes) is 1. The molecule has 0 fully saturated rings. The number of rotatable bonds is 8. The topological polar surface area (TPSA) is 83.4 Å². The van der Waals surface area contributed by atoms with Crippen LogP contribution < -0.4 is 0 Å². The summed E-state index contributed by atoms with van der Waals surface area (Å²) in [5, 5.41) is 8.99. The van der Waals surface area contributed by atoms with Crippen LogP contribution in [0.15, 0.2) is 66.7 Å². The van der Waals surface area contributed by atoms with Crippen molar-refractivity contribution in [3.05, 3.63) is 94.9 Å². The van der Waals surface area contributed by atoms with E-state index >= 15 is 0 Å². The summed E-state index contributed by atoms with van der Waals surface area (Å²) in [6, 6.07) is 19.9. The van der Waals surface area contributed by atoms with Crippen LogP contribution in [0.1, 0.15) is 65.3 Å². The molecule has 0 radical (unpaired) electrons. The molecule has 3 aromatic carbocycles. The molecular weight excluding hydrogens is 481 g/mol. The van der Waals surface area contributed by atoms with Gasteiger partial charge in [-0.05, 0) is 80.0 Å². The molecule has 1 heterocycles. The Bertz CT molecular complexity index is 1490. The van der Waals surface area contributed by atoms with Crippen LogP contribution in [0.2, 0.25) is 0 Å². The van der Waals surface area contributed by atoms with Gasteiger partial charge in [0.05, 0.1) is 28.5 Å². The molecule has 1 atom stereocenters. The molecular formula is C31H30FN3O3. The smallest absolute Gasteiger partial charge is 0.303 e. The molecule has 38 heavy (non-hydrogen) atoms. The van der Waals surface area contributed by atoms with Crippen LogP contribution in [0.5, 0.6) is 0 Å². The fourth-order valence-electron chi connectivity index (χ4n) is 5.30. The van der Waals surface area contributed by atoms with Crippen LogP contribution in [0, 0.1) is 5.82 Å². The van der Waals surface area contributed by atoms with Gasteiger partial charge in [0.2, 0.25) is 0 Å². The molecule has 0 bridgehead atoms. The molecule has 1 amide bonds. The number of hydrogen-bond acceptors (Lipinski definition) is 4. The minimum absolute atomic E-state index is 0.112. The minimum Gasteiger partial charge on any atom is -0.481 e. The second-order valence-corrected chi connectivity index (χ2v) is 9.86. The molecule has 5 rings (SSSR count).